The number of amides is 2. The van der Waals surface area contributed by atoms with Crippen LogP contribution >= 0.6 is 11.6 Å². The van der Waals surface area contributed by atoms with Crippen molar-refractivity contribution >= 4 is 34.2 Å². The molecule has 0 saturated carbocycles. The lowest BCUT2D eigenvalue weighted by atomic mass is 10.1. The van der Waals surface area contributed by atoms with Crippen molar-refractivity contribution in [3.05, 3.63) is 112 Å². The number of benzene rings is 3. The number of aryl methyl sites for hydroxylation is 1. The monoisotopic (exact) mass is 498 g/mol. The highest BCUT2D eigenvalue weighted by molar-refractivity contribution is 6.30. The topological polar surface area (TPSA) is 111 Å². The summed E-state index contributed by atoms with van der Waals surface area (Å²) in [7, 11) is 1.46. The van der Waals surface area contributed by atoms with Gasteiger partial charge in [0.1, 0.15) is 5.69 Å². The van der Waals surface area contributed by atoms with E-state index >= 15 is 0 Å². The molecule has 0 aliphatic carbocycles. The van der Waals surface area contributed by atoms with E-state index in [0.717, 1.165) is 10.4 Å². The van der Waals surface area contributed by atoms with Crippen LogP contribution in [0.25, 0.3) is 27.7 Å². The van der Waals surface area contributed by atoms with Crippen LogP contribution in [0, 0.1) is 0 Å². The number of aromatic nitrogens is 4. The first-order valence-electron chi connectivity index (χ1n) is 10.9. The van der Waals surface area contributed by atoms with Gasteiger partial charge in [0.15, 0.2) is 5.69 Å². The van der Waals surface area contributed by atoms with Crippen molar-refractivity contribution in [2.24, 2.45) is 7.05 Å². The van der Waals surface area contributed by atoms with E-state index in [9.17, 15) is 14.4 Å². The van der Waals surface area contributed by atoms with Crippen LogP contribution in [0.15, 0.2) is 89.9 Å². The zero-order valence-corrected chi connectivity index (χ0v) is 19.7. The summed E-state index contributed by atoms with van der Waals surface area (Å²) < 4.78 is 2.67. The zero-order valence-electron chi connectivity index (χ0n) is 19.0. The third-order valence-corrected chi connectivity index (χ3v) is 5.81. The number of halogens is 1. The Morgan fingerprint density at radius 2 is 1.44 bits per heavy atom. The number of hydrogen-bond acceptors (Lipinski definition) is 5. The molecule has 5 rings (SSSR count). The van der Waals surface area contributed by atoms with Crippen molar-refractivity contribution in [2.75, 3.05) is 0 Å². The van der Waals surface area contributed by atoms with Crippen molar-refractivity contribution in [3.63, 3.8) is 0 Å². The quantitative estimate of drug-likeness (QED) is 0.368. The van der Waals surface area contributed by atoms with Crippen LogP contribution in [0.5, 0.6) is 0 Å². The van der Waals surface area contributed by atoms with Crippen LogP contribution in [0.4, 0.5) is 0 Å². The Hall–Kier alpha value is -4.76. The van der Waals surface area contributed by atoms with E-state index in [1.54, 1.807) is 59.4 Å². The number of carbonyl (C=O) groups is 2. The largest absolute Gasteiger partial charge is 0.290 e. The van der Waals surface area contributed by atoms with Gasteiger partial charge in [0.25, 0.3) is 17.4 Å². The highest BCUT2D eigenvalue weighted by Crippen LogP contribution is 2.25. The fourth-order valence-electron chi connectivity index (χ4n) is 3.78. The van der Waals surface area contributed by atoms with E-state index in [1.165, 1.54) is 7.05 Å². The van der Waals surface area contributed by atoms with E-state index in [4.69, 9.17) is 11.6 Å². The molecule has 0 bridgehead atoms. The molecular weight excluding hydrogens is 480 g/mol. The zero-order chi connectivity index (χ0) is 25.2. The number of rotatable bonds is 4. The maximum absolute atomic E-state index is 13.2. The number of para-hydroxylation sites is 1. The van der Waals surface area contributed by atoms with Gasteiger partial charge in [-0.2, -0.15) is 10.2 Å². The molecule has 5 aromatic rings. The predicted molar refractivity (Wildman–Crippen MR) is 136 cm³/mol. The Morgan fingerprint density at radius 1 is 0.806 bits per heavy atom. The normalized spacial score (nSPS) is 10.8. The lowest BCUT2D eigenvalue weighted by molar-refractivity contribution is 0.0844. The second-order valence-corrected chi connectivity index (χ2v) is 8.35. The molecule has 0 radical (unpaired) electrons. The average molecular weight is 499 g/mol. The van der Waals surface area contributed by atoms with Gasteiger partial charge in [0.05, 0.1) is 16.6 Å². The molecule has 2 N–H and O–H groups in total. The molecule has 0 unspecified atom stereocenters. The molecule has 178 valence electrons. The SMILES string of the molecule is Cn1nc(C(=O)NNC(=O)c2cn(-c3ccccc3)nc2-c2ccc(Cl)cc2)c2ccccc2c1=O. The van der Waals surface area contributed by atoms with Gasteiger partial charge in [-0.15, -0.1) is 0 Å². The van der Waals surface area contributed by atoms with Crippen LogP contribution in [0.3, 0.4) is 0 Å². The number of nitrogens with one attached hydrogen (secondary N) is 2. The van der Waals surface area contributed by atoms with Crippen LogP contribution in [0.2, 0.25) is 5.02 Å². The van der Waals surface area contributed by atoms with E-state index in [1.807, 2.05) is 30.3 Å². The fraction of sp³-hybridized carbons (Fsp3) is 0.0385. The van der Waals surface area contributed by atoms with Crippen molar-refractivity contribution in [2.45, 2.75) is 0 Å². The highest BCUT2D eigenvalue weighted by atomic mass is 35.5. The van der Waals surface area contributed by atoms with Gasteiger partial charge in [-0.05, 0) is 30.3 Å². The first-order valence-corrected chi connectivity index (χ1v) is 11.3. The third-order valence-electron chi connectivity index (χ3n) is 5.56. The predicted octanol–water partition coefficient (Wildman–Crippen LogP) is 3.51. The molecule has 2 aromatic heterocycles. The number of nitrogens with zero attached hydrogens (tertiary/aromatic N) is 4. The number of fused-ring (bicyclic) bond motifs is 1. The van der Waals surface area contributed by atoms with Crippen LogP contribution in [-0.4, -0.2) is 31.4 Å². The van der Waals surface area contributed by atoms with Crippen molar-refractivity contribution < 1.29 is 9.59 Å². The molecule has 0 spiro atoms. The van der Waals surface area contributed by atoms with Crippen molar-refractivity contribution in [3.8, 4) is 16.9 Å². The molecule has 0 saturated heterocycles. The Labute approximate surface area is 209 Å². The molecule has 10 heteroatoms. The number of hydrazine groups is 1. The average Bonchev–Trinajstić information content (AvgIpc) is 3.36. The molecule has 3 aromatic carbocycles. The molecule has 0 aliphatic heterocycles. The van der Waals surface area contributed by atoms with E-state index in [-0.39, 0.29) is 16.8 Å². The summed E-state index contributed by atoms with van der Waals surface area (Å²) in [6.07, 6.45) is 1.58. The van der Waals surface area contributed by atoms with E-state index in [2.05, 4.69) is 21.0 Å². The van der Waals surface area contributed by atoms with Crippen molar-refractivity contribution in [1.82, 2.24) is 30.4 Å². The maximum atomic E-state index is 13.2. The summed E-state index contributed by atoms with van der Waals surface area (Å²) in [4.78, 5) is 38.5. The second kappa shape index (κ2) is 9.47. The van der Waals surface area contributed by atoms with Gasteiger partial charge in [0.2, 0.25) is 0 Å². The molecular formula is C26H19ClN6O3. The summed E-state index contributed by atoms with van der Waals surface area (Å²) in [6.45, 7) is 0. The number of hydrogen-bond donors (Lipinski definition) is 2. The van der Waals surface area contributed by atoms with Gasteiger partial charge in [-0.3, -0.25) is 25.2 Å². The minimum absolute atomic E-state index is 0.00547. The summed E-state index contributed by atoms with van der Waals surface area (Å²) >= 11 is 6.03. The first kappa shape index (κ1) is 23.0. The summed E-state index contributed by atoms with van der Waals surface area (Å²) in [5, 5.41) is 9.96. The molecule has 0 aliphatic rings. The minimum atomic E-state index is -0.668. The lowest BCUT2D eigenvalue weighted by Gasteiger charge is -2.10. The van der Waals surface area contributed by atoms with E-state index < -0.39 is 11.8 Å². The molecule has 2 heterocycles. The standard InChI is InChI=1S/C26H19ClN6O3/c1-32-26(36)20-10-6-5-9-19(20)23(30-32)25(35)29-28-24(34)21-15-33(18-7-3-2-4-8-18)31-22(21)16-11-13-17(27)14-12-16/h2-15H,1H3,(H,28,34)(H,29,35). The molecule has 0 fully saturated rings. The molecule has 2 amide bonds. The molecule has 36 heavy (non-hydrogen) atoms. The van der Waals surface area contributed by atoms with Crippen LogP contribution < -0.4 is 16.4 Å². The fourth-order valence-corrected chi connectivity index (χ4v) is 3.91. The lowest BCUT2D eigenvalue weighted by Crippen LogP contribution is -2.42. The van der Waals surface area contributed by atoms with Gasteiger partial charge in [-0.1, -0.05) is 60.1 Å². The van der Waals surface area contributed by atoms with Crippen molar-refractivity contribution in [1.29, 1.82) is 0 Å². The Bertz CT molecular complexity index is 1660. The second-order valence-electron chi connectivity index (χ2n) is 7.91. The highest BCUT2D eigenvalue weighted by Gasteiger charge is 2.21. The third kappa shape index (κ3) is 4.35. The first-order chi connectivity index (χ1) is 17.4. The summed E-state index contributed by atoms with van der Waals surface area (Å²) in [5.41, 5.74) is 6.60. The molecule has 0 atom stereocenters. The Kier molecular flexibility index (Phi) is 6.05. The van der Waals surface area contributed by atoms with Crippen LogP contribution in [0.1, 0.15) is 20.8 Å². The van der Waals surface area contributed by atoms with Gasteiger partial charge < -0.3 is 0 Å². The van der Waals surface area contributed by atoms with Gasteiger partial charge in [0, 0.05) is 29.2 Å². The maximum Gasteiger partial charge on any atom is 0.290 e. The summed E-state index contributed by atoms with van der Waals surface area (Å²) in [6, 6.07) is 22.9. The Balaban J connectivity index is 1.46. The Morgan fingerprint density at radius 3 is 2.17 bits per heavy atom. The smallest absolute Gasteiger partial charge is 0.267 e. The van der Waals surface area contributed by atoms with Gasteiger partial charge >= 0.3 is 0 Å². The van der Waals surface area contributed by atoms with Gasteiger partial charge in [-0.25, -0.2) is 9.36 Å². The summed E-state index contributed by atoms with van der Waals surface area (Å²) in [5.74, 6) is -1.25. The van der Waals surface area contributed by atoms with E-state index in [0.29, 0.717) is 27.1 Å². The number of carbonyl (C=O) groups excluding carboxylic acids is 2. The van der Waals surface area contributed by atoms with Crippen LogP contribution in [-0.2, 0) is 7.05 Å². The molecule has 9 nitrogen and oxygen atoms in total. The minimum Gasteiger partial charge on any atom is -0.267 e.